The van der Waals surface area contributed by atoms with Gasteiger partial charge in [0.25, 0.3) is 0 Å². The third-order valence-corrected chi connectivity index (χ3v) is 3.00. The van der Waals surface area contributed by atoms with Crippen LogP contribution in [0.1, 0.15) is 33.6 Å². The Balaban J connectivity index is 2.66. The first-order valence-electron chi connectivity index (χ1n) is 6.15. The molecule has 1 heterocycles. The van der Waals surface area contributed by atoms with Crippen LogP contribution in [0.2, 0.25) is 0 Å². The van der Waals surface area contributed by atoms with E-state index >= 15 is 0 Å². The van der Waals surface area contributed by atoms with E-state index < -0.39 is 12.1 Å². The maximum Gasteiger partial charge on any atom is 0.245 e. The standard InChI is InChI=1S/C12H22N2O3/c1-8(2)11(13-9(3)15)12(17)14-6-4-5-10(16)7-14/h8,10-11,16H,4-7H2,1-3H3,(H,13,15). The van der Waals surface area contributed by atoms with E-state index in [9.17, 15) is 14.7 Å². The summed E-state index contributed by atoms with van der Waals surface area (Å²) in [4.78, 5) is 24.9. The summed E-state index contributed by atoms with van der Waals surface area (Å²) in [5.41, 5.74) is 0. The molecule has 2 unspecified atom stereocenters. The van der Waals surface area contributed by atoms with Gasteiger partial charge in [-0.2, -0.15) is 0 Å². The van der Waals surface area contributed by atoms with Crippen molar-refractivity contribution in [3.8, 4) is 0 Å². The predicted octanol–water partition coefficient (Wildman–Crippen LogP) is 0.130. The van der Waals surface area contributed by atoms with Crippen LogP contribution in [-0.4, -0.2) is 47.1 Å². The molecule has 17 heavy (non-hydrogen) atoms. The Bertz CT molecular complexity index is 291. The summed E-state index contributed by atoms with van der Waals surface area (Å²) in [6.45, 7) is 6.26. The van der Waals surface area contributed by atoms with Crippen LogP contribution in [0.15, 0.2) is 0 Å². The number of β-amino-alcohol motifs (C(OH)–C–C–N with tert-alkyl or cyclic N) is 1. The molecule has 5 nitrogen and oxygen atoms in total. The minimum absolute atomic E-state index is 0.0467. The Morgan fingerprint density at radius 1 is 1.41 bits per heavy atom. The monoisotopic (exact) mass is 242 g/mol. The lowest BCUT2D eigenvalue weighted by Crippen LogP contribution is -2.53. The predicted molar refractivity (Wildman–Crippen MR) is 64.3 cm³/mol. The molecule has 0 aromatic rings. The zero-order chi connectivity index (χ0) is 13.0. The number of hydrogen-bond acceptors (Lipinski definition) is 3. The quantitative estimate of drug-likeness (QED) is 0.739. The fourth-order valence-corrected chi connectivity index (χ4v) is 2.08. The van der Waals surface area contributed by atoms with E-state index in [1.54, 1.807) is 4.90 Å². The Kier molecular flexibility index (Phi) is 4.93. The lowest BCUT2D eigenvalue weighted by Gasteiger charge is -2.34. The van der Waals surface area contributed by atoms with E-state index in [1.807, 2.05) is 13.8 Å². The number of likely N-dealkylation sites (tertiary alicyclic amines) is 1. The second-order valence-electron chi connectivity index (χ2n) is 5.00. The Morgan fingerprint density at radius 2 is 2.06 bits per heavy atom. The minimum atomic E-state index is -0.488. The zero-order valence-electron chi connectivity index (χ0n) is 10.8. The van der Waals surface area contributed by atoms with Crippen LogP contribution in [-0.2, 0) is 9.59 Å². The molecule has 0 radical (unpaired) electrons. The third kappa shape index (κ3) is 4.00. The van der Waals surface area contributed by atoms with Crippen molar-refractivity contribution >= 4 is 11.8 Å². The second kappa shape index (κ2) is 6.00. The number of rotatable bonds is 3. The molecule has 1 aliphatic heterocycles. The number of amides is 2. The summed E-state index contributed by atoms with van der Waals surface area (Å²) in [6.07, 6.45) is 1.13. The molecule has 0 aromatic heterocycles. The number of hydrogen-bond donors (Lipinski definition) is 2. The first kappa shape index (κ1) is 14.0. The van der Waals surface area contributed by atoms with Crippen LogP contribution in [0.5, 0.6) is 0 Å². The van der Waals surface area contributed by atoms with Gasteiger partial charge in [-0.3, -0.25) is 9.59 Å². The Hall–Kier alpha value is -1.10. The van der Waals surface area contributed by atoms with Gasteiger partial charge in [-0.25, -0.2) is 0 Å². The zero-order valence-corrected chi connectivity index (χ0v) is 10.8. The van der Waals surface area contributed by atoms with Crippen molar-refractivity contribution in [3.05, 3.63) is 0 Å². The fourth-order valence-electron chi connectivity index (χ4n) is 2.08. The van der Waals surface area contributed by atoms with Gasteiger partial charge >= 0.3 is 0 Å². The van der Waals surface area contributed by atoms with Gasteiger partial charge in [-0.15, -0.1) is 0 Å². The van der Waals surface area contributed by atoms with Crippen molar-refractivity contribution in [2.75, 3.05) is 13.1 Å². The SMILES string of the molecule is CC(=O)NC(C(=O)N1CCCC(O)C1)C(C)C. The van der Waals surface area contributed by atoms with Gasteiger partial charge < -0.3 is 15.3 Å². The first-order chi connectivity index (χ1) is 7.91. The highest BCUT2D eigenvalue weighted by Crippen LogP contribution is 2.13. The lowest BCUT2D eigenvalue weighted by atomic mass is 10.0. The second-order valence-corrected chi connectivity index (χ2v) is 5.00. The average molecular weight is 242 g/mol. The smallest absolute Gasteiger partial charge is 0.245 e. The number of nitrogens with one attached hydrogen (secondary N) is 1. The largest absolute Gasteiger partial charge is 0.391 e. The molecule has 1 rings (SSSR count). The van der Waals surface area contributed by atoms with Crippen LogP contribution < -0.4 is 5.32 Å². The third-order valence-electron chi connectivity index (χ3n) is 3.00. The maximum atomic E-state index is 12.2. The van der Waals surface area contributed by atoms with Gasteiger partial charge in [0.2, 0.25) is 11.8 Å². The minimum Gasteiger partial charge on any atom is -0.391 e. The topological polar surface area (TPSA) is 69.6 Å². The molecular weight excluding hydrogens is 220 g/mol. The van der Waals surface area contributed by atoms with Crippen molar-refractivity contribution in [1.29, 1.82) is 0 Å². The summed E-state index contributed by atoms with van der Waals surface area (Å²) in [7, 11) is 0. The summed E-state index contributed by atoms with van der Waals surface area (Å²) >= 11 is 0. The molecule has 5 heteroatoms. The lowest BCUT2D eigenvalue weighted by molar-refractivity contribution is -0.139. The number of aliphatic hydroxyl groups is 1. The average Bonchev–Trinajstić information content (AvgIpc) is 2.24. The molecule has 0 saturated carbocycles. The first-order valence-corrected chi connectivity index (χ1v) is 6.15. The fraction of sp³-hybridized carbons (Fsp3) is 0.833. The highest BCUT2D eigenvalue weighted by Gasteiger charge is 2.30. The molecule has 1 saturated heterocycles. The summed E-state index contributed by atoms with van der Waals surface area (Å²) in [5, 5.41) is 12.2. The molecule has 0 spiro atoms. The summed E-state index contributed by atoms with van der Waals surface area (Å²) in [6, 6.07) is -0.488. The van der Waals surface area contributed by atoms with Crippen LogP contribution in [0.3, 0.4) is 0 Å². The van der Waals surface area contributed by atoms with E-state index in [0.29, 0.717) is 13.1 Å². The molecule has 2 atom stereocenters. The summed E-state index contributed by atoms with van der Waals surface area (Å²) in [5.74, 6) is -0.242. The van der Waals surface area contributed by atoms with Crippen molar-refractivity contribution < 1.29 is 14.7 Å². The molecular formula is C12H22N2O3. The van der Waals surface area contributed by atoms with E-state index in [-0.39, 0.29) is 17.7 Å². The van der Waals surface area contributed by atoms with Crippen molar-refractivity contribution in [2.24, 2.45) is 5.92 Å². The Morgan fingerprint density at radius 3 is 2.53 bits per heavy atom. The van der Waals surface area contributed by atoms with Gasteiger partial charge in [0.15, 0.2) is 0 Å². The van der Waals surface area contributed by atoms with Crippen LogP contribution in [0, 0.1) is 5.92 Å². The summed E-state index contributed by atoms with van der Waals surface area (Å²) < 4.78 is 0. The van der Waals surface area contributed by atoms with Crippen molar-refractivity contribution in [2.45, 2.75) is 45.8 Å². The highest BCUT2D eigenvalue weighted by atomic mass is 16.3. The number of piperidine rings is 1. The van der Waals surface area contributed by atoms with Gasteiger partial charge in [-0.05, 0) is 18.8 Å². The normalized spacial score (nSPS) is 22.4. The Labute approximate surface area is 102 Å². The van der Waals surface area contributed by atoms with Crippen LogP contribution in [0.25, 0.3) is 0 Å². The van der Waals surface area contributed by atoms with Gasteiger partial charge in [-0.1, -0.05) is 13.8 Å². The van der Waals surface area contributed by atoms with Gasteiger partial charge in [0.05, 0.1) is 6.10 Å². The van der Waals surface area contributed by atoms with E-state index in [4.69, 9.17) is 0 Å². The van der Waals surface area contributed by atoms with Gasteiger partial charge in [0, 0.05) is 20.0 Å². The number of carbonyl (C=O) groups is 2. The maximum absolute atomic E-state index is 12.2. The van der Waals surface area contributed by atoms with E-state index in [1.165, 1.54) is 6.92 Å². The molecule has 0 aliphatic carbocycles. The van der Waals surface area contributed by atoms with Crippen LogP contribution >= 0.6 is 0 Å². The molecule has 0 aromatic carbocycles. The molecule has 0 bridgehead atoms. The molecule has 98 valence electrons. The molecule has 2 N–H and O–H groups in total. The van der Waals surface area contributed by atoms with E-state index in [0.717, 1.165) is 12.8 Å². The number of nitrogens with zero attached hydrogens (tertiary/aromatic N) is 1. The van der Waals surface area contributed by atoms with Crippen molar-refractivity contribution in [1.82, 2.24) is 10.2 Å². The highest BCUT2D eigenvalue weighted by molar-refractivity contribution is 5.87. The molecule has 1 fully saturated rings. The number of aliphatic hydroxyl groups excluding tert-OH is 1. The molecule has 2 amide bonds. The van der Waals surface area contributed by atoms with Crippen LogP contribution in [0.4, 0.5) is 0 Å². The van der Waals surface area contributed by atoms with Crippen molar-refractivity contribution in [3.63, 3.8) is 0 Å². The van der Waals surface area contributed by atoms with Gasteiger partial charge in [0.1, 0.15) is 6.04 Å². The van der Waals surface area contributed by atoms with E-state index in [2.05, 4.69) is 5.32 Å². The number of carbonyl (C=O) groups excluding carboxylic acids is 2. The molecule has 1 aliphatic rings.